The molecule has 0 spiro atoms. The molecule has 0 aliphatic heterocycles. The molecule has 0 fully saturated rings. The molecule has 2 rings (SSSR count). The maximum absolute atomic E-state index is 12.1. The van der Waals surface area contributed by atoms with Crippen LogP contribution in [0.25, 0.3) is 0 Å². The standard InChI is InChI=1S/C15H13Cl2NO2S/c1-21(20)9-11-8-13(5-6-14(11)17)18-15(19)10-3-2-4-12(16)7-10/h2-8H,9H2,1H3,(H,18,19). The van der Waals surface area contributed by atoms with Crippen molar-refractivity contribution in [2.24, 2.45) is 0 Å². The van der Waals surface area contributed by atoms with E-state index in [1.54, 1.807) is 48.7 Å². The number of carbonyl (C=O) groups excluding carboxylic acids is 1. The highest BCUT2D eigenvalue weighted by Gasteiger charge is 2.09. The topological polar surface area (TPSA) is 46.2 Å². The molecule has 2 aromatic rings. The molecule has 0 aliphatic carbocycles. The van der Waals surface area contributed by atoms with Gasteiger partial charge in [0.1, 0.15) is 0 Å². The Morgan fingerprint density at radius 3 is 2.62 bits per heavy atom. The second kappa shape index (κ2) is 7.07. The molecular weight excluding hydrogens is 329 g/mol. The van der Waals surface area contributed by atoms with E-state index in [0.717, 1.165) is 5.56 Å². The summed E-state index contributed by atoms with van der Waals surface area (Å²) in [5.74, 6) is 0.0862. The Morgan fingerprint density at radius 2 is 1.95 bits per heavy atom. The second-order valence-electron chi connectivity index (χ2n) is 4.49. The summed E-state index contributed by atoms with van der Waals surface area (Å²) in [6.45, 7) is 0. The van der Waals surface area contributed by atoms with E-state index in [1.807, 2.05) is 0 Å². The van der Waals surface area contributed by atoms with Gasteiger partial charge in [-0.25, -0.2) is 0 Å². The van der Waals surface area contributed by atoms with Crippen LogP contribution in [-0.2, 0) is 16.6 Å². The number of nitrogens with one attached hydrogen (secondary N) is 1. The number of halogens is 2. The van der Waals surface area contributed by atoms with Crippen molar-refractivity contribution in [2.75, 3.05) is 11.6 Å². The van der Waals surface area contributed by atoms with E-state index >= 15 is 0 Å². The molecule has 1 N–H and O–H groups in total. The van der Waals surface area contributed by atoms with Crippen molar-refractivity contribution >= 4 is 45.6 Å². The first-order valence-electron chi connectivity index (χ1n) is 6.11. The van der Waals surface area contributed by atoms with Gasteiger partial charge in [-0.2, -0.15) is 0 Å². The first-order chi connectivity index (χ1) is 9.95. The van der Waals surface area contributed by atoms with Crippen LogP contribution < -0.4 is 5.32 Å². The largest absolute Gasteiger partial charge is 0.322 e. The zero-order valence-corrected chi connectivity index (χ0v) is 13.6. The summed E-state index contributed by atoms with van der Waals surface area (Å²) in [6.07, 6.45) is 1.60. The zero-order valence-electron chi connectivity index (χ0n) is 11.2. The molecule has 1 unspecified atom stereocenters. The van der Waals surface area contributed by atoms with E-state index in [-0.39, 0.29) is 5.91 Å². The van der Waals surface area contributed by atoms with E-state index in [4.69, 9.17) is 23.2 Å². The average molecular weight is 342 g/mol. The molecule has 110 valence electrons. The molecule has 21 heavy (non-hydrogen) atoms. The van der Waals surface area contributed by atoms with Gasteiger partial charge >= 0.3 is 0 Å². The first kappa shape index (κ1) is 16.0. The molecule has 0 saturated heterocycles. The van der Waals surface area contributed by atoms with E-state index in [2.05, 4.69) is 5.32 Å². The van der Waals surface area contributed by atoms with Crippen LogP contribution in [0.2, 0.25) is 10.0 Å². The van der Waals surface area contributed by atoms with E-state index in [1.165, 1.54) is 0 Å². The van der Waals surface area contributed by atoms with Gasteiger partial charge in [0.2, 0.25) is 0 Å². The van der Waals surface area contributed by atoms with Gasteiger partial charge in [-0.05, 0) is 42.0 Å². The zero-order chi connectivity index (χ0) is 15.4. The number of anilines is 1. The summed E-state index contributed by atoms with van der Waals surface area (Å²) in [6, 6.07) is 11.8. The van der Waals surface area contributed by atoms with Gasteiger partial charge in [0.05, 0.1) is 0 Å². The van der Waals surface area contributed by atoms with Crippen LogP contribution in [0.3, 0.4) is 0 Å². The smallest absolute Gasteiger partial charge is 0.255 e. The van der Waals surface area contributed by atoms with Crippen molar-refractivity contribution < 1.29 is 9.00 Å². The third kappa shape index (κ3) is 4.56. The predicted molar refractivity (Wildman–Crippen MR) is 88.6 cm³/mol. The minimum Gasteiger partial charge on any atom is -0.322 e. The van der Waals surface area contributed by atoms with E-state index in [0.29, 0.717) is 27.0 Å². The lowest BCUT2D eigenvalue weighted by Gasteiger charge is -2.09. The number of rotatable bonds is 4. The highest BCUT2D eigenvalue weighted by molar-refractivity contribution is 7.83. The average Bonchev–Trinajstić information content (AvgIpc) is 2.42. The van der Waals surface area contributed by atoms with Crippen LogP contribution in [0.5, 0.6) is 0 Å². The Hall–Kier alpha value is -1.36. The summed E-state index contributed by atoms with van der Waals surface area (Å²) in [5, 5.41) is 3.81. The number of hydrogen-bond donors (Lipinski definition) is 1. The summed E-state index contributed by atoms with van der Waals surface area (Å²) in [4.78, 5) is 12.1. The highest BCUT2D eigenvalue weighted by atomic mass is 35.5. The Balaban J connectivity index is 2.19. The summed E-state index contributed by atoms with van der Waals surface area (Å²) in [7, 11) is -1.00. The molecule has 1 atom stereocenters. The maximum atomic E-state index is 12.1. The predicted octanol–water partition coefficient (Wildman–Crippen LogP) is 4.12. The fourth-order valence-electron chi connectivity index (χ4n) is 1.82. The maximum Gasteiger partial charge on any atom is 0.255 e. The molecule has 3 nitrogen and oxygen atoms in total. The van der Waals surface area contributed by atoms with Crippen LogP contribution in [0.1, 0.15) is 15.9 Å². The van der Waals surface area contributed by atoms with Gasteiger partial charge in [0, 0.05) is 44.1 Å². The monoisotopic (exact) mass is 341 g/mol. The van der Waals surface area contributed by atoms with Crippen molar-refractivity contribution in [3.05, 3.63) is 63.6 Å². The van der Waals surface area contributed by atoms with Crippen molar-refractivity contribution in [1.29, 1.82) is 0 Å². The van der Waals surface area contributed by atoms with Gasteiger partial charge in [-0.15, -0.1) is 0 Å². The van der Waals surface area contributed by atoms with Crippen LogP contribution in [0.15, 0.2) is 42.5 Å². The molecular formula is C15H13Cl2NO2S. The molecule has 6 heteroatoms. The van der Waals surface area contributed by atoms with Crippen molar-refractivity contribution in [1.82, 2.24) is 0 Å². The summed E-state index contributed by atoms with van der Waals surface area (Å²) in [5.41, 5.74) is 1.81. The third-order valence-electron chi connectivity index (χ3n) is 2.75. The molecule has 0 heterocycles. The van der Waals surface area contributed by atoms with Gasteiger partial charge in [0.25, 0.3) is 5.91 Å². The van der Waals surface area contributed by atoms with Crippen LogP contribution in [-0.4, -0.2) is 16.4 Å². The molecule has 1 amide bonds. The minimum absolute atomic E-state index is 0.261. The fourth-order valence-corrected chi connectivity index (χ4v) is 2.95. The van der Waals surface area contributed by atoms with Crippen LogP contribution in [0, 0.1) is 0 Å². The first-order valence-corrected chi connectivity index (χ1v) is 8.59. The molecule has 0 bridgehead atoms. The lowest BCUT2D eigenvalue weighted by Crippen LogP contribution is -2.12. The number of carbonyl (C=O) groups is 1. The Kier molecular flexibility index (Phi) is 5.39. The van der Waals surface area contributed by atoms with E-state index < -0.39 is 10.8 Å². The number of benzene rings is 2. The Labute approximate surface area is 135 Å². The van der Waals surface area contributed by atoms with Crippen LogP contribution >= 0.6 is 23.2 Å². The van der Waals surface area contributed by atoms with Crippen molar-refractivity contribution in [2.45, 2.75) is 5.75 Å². The number of amides is 1. The summed E-state index contributed by atoms with van der Waals surface area (Å²) < 4.78 is 11.3. The van der Waals surface area contributed by atoms with Gasteiger partial charge in [0.15, 0.2) is 0 Å². The summed E-state index contributed by atoms with van der Waals surface area (Å²) >= 11 is 11.9. The van der Waals surface area contributed by atoms with Crippen molar-refractivity contribution in [3.63, 3.8) is 0 Å². The molecule has 2 aromatic carbocycles. The lowest BCUT2D eigenvalue weighted by atomic mass is 10.2. The van der Waals surface area contributed by atoms with Crippen molar-refractivity contribution in [3.8, 4) is 0 Å². The van der Waals surface area contributed by atoms with Crippen LogP contribution in [0.4, 0.5) is 5.69 Å². The lowest BCUT2D eigenvalue weighted by molar-refractivity contribution is 0.102. The quantitative estimate of drug-likeness (QED) is 0.908. The third-order valence-corrected chi connectivity index (χ3v) is 4.07. The minimum atomic E-state index is -1.00. The highest BCUT2D eigenvalue weighted by Crippen LogP contribution is 2.22. The van der Waals surface area contributed by atoms with Gasteiger partial charge in [-0.3, -0.25) is 9.00 Å². The fraction of sp³-hybridized carbons (Fsp3) is 0.133. The normalized spacial score (nSPS) is 12.0. The molecule has 0 aromatic heterocycles. The number of hydrogen-bond acceptors (Lipinski definition) is 2. The second-order valence-corrected chi connectivity index (χ2v) is 6.77. The van der Waals surface area contributed by atoms with E-state index in [9.17, 15) is 9.00 Å². The molecule has 0 radical (unpaired) electrons. The van der Waals surface area contributed by atoms with Gasteiger partial charge < -0.3 is 5.32 Å². The SMILES string of the molecule is CS(=O)Cc1cc(NC(=O)c2cccc(Cl)c2)ccc1Cl. The van der Waals surface area contributed by atoms with Gasteiger partial charge in [-0.1, -0.05) is 29.3 Å². The molecule has 0 saturated carbocycles. The Morgan fingerprint density at radius 1 is 1.19 bits per heavy atom. The Bertz CT molecular complexity index is 704. The molecule has 0 aliphatic rings.